The van der Waals surface area contributed by atoms with Crippen LogP contribution in [0.5, 0.6) is 0 Å². The van der Waals surface area contributed by atoms with Crippen LogP contribution in [0.4, 0.5) is 0 Å². The zero-order valence-corrected chi connectivity index (χ0v) is 6.59. The third-order valence-corrected chi connectivity index (χ3v) is 3.18. The molecule has 0 saturated heterocycles. The average molecular weight is 144 g/mol. The van der Waals surface area contributed by atoms with E-state index in [1.807, 2.05) is 0 Å². The Bertz CT molecular complexity index is 250. The monoisotopic (exact) mass is 144 g/mol. The maximum atomic E-state index is 2.39. The molecule has 3 aliphatic rings. The molecule has 11 heavy (non-hydrogen) atoms. The van der Waals surface area contributed by atoms with E-state index in [0.717, 1.165) is 11.8 Å². The topological polar surface area (TPSA) is 0 Å². The molecule has 0 radical (unpaired) electrons. The first-order valence-electron chi connectivity index (χ1n) is 4.55. The minimum atomic E-state index is 0.786. The van der Waals surface area contributed by atoms with Crippen molar-refractivity contribution in [2.24, 2.45) is 11.8 Å². The van der Waals surface area contributed by atoms with Crippen LogP contribution in [0.1, 0.15) is 19.3 Å². The zero-order chi connectivity index (χ0) is 7.26. The van der Waals surface area contributed by atoms with E-state index in [-0.39, 0.29) is 0 Å². The van der Waals surface area contributed by atoms with Crippen LogP contribution in [-0.4, -0.2) is 0 Å². The summed E-state index contributed by atoms with van der Waals surface area (Å²) < 4.78 is 0. The van der Waals surface area contributed by atoms with Crippen LogP contribution in [0, 0.1) is 11.8 Å². The summed E-state index contributed by atoms with van der Waals surface area (Å²) in [6.07, 6.45) is 13.7. The Labute approximate surface area is 67.3 Å². The molecule has 0 fully saturated rings. The van der Waals surface area contributed by atoms with E-state index in [4.69, 9.17) is 0 Å². The molecule has 0 aliphatic heterocycles. The summed E-state index contributed by atoms with van der Waals surface area (Å²) in [7, 11) is 0. The van der Waals surface area contributed by atoms with E-state index in [0.29, 0.717) is 0 Å². The van der Waals surface area contributed by atoms with Gasteiger partial charge in [-0.1, -0.05) is 30.7 Å². The maximum Gasteiger partial charge on any atom is 0.00240 e. The van der Waals surface area contributed by atoms with Gasteiger partial charge in [0.25, 0.3) is 0 Å². The highest BCUT2D eigenvalue weighted by Gasteiger charge is 2.29. The van der Waals surface area contributed by atoms with Crippen molar-refractivity contribution < 1.29 is 0 Å². The standard InChI is InChI=1S/C11H12/c1-2-8-4-6-11-9(3-1)5-7-10(8)11/h4-9H,1-3H2. The second kappa shape index (κ2) is 1.88. The SMILES string of the molecule is C1=CC2CCCC3C=CC2=C13. The Morgan fingerprint density at radius 1 is 0.909 bits per heavy atom. The smallest absolute Gasteiger partial charge is 0.00240 e. The summed E-state index contributed by atoms with van der Waals surface area (Å²) in [4.78, 5) is 0. The third-order valence-electron chi connectivity index (χ3n) is 3.18. The van der Waals surface area contributed by atoms with Gasteiger partial charge in [-0.3, -0.25) is 0 Å². The largest absolute Gasteiger partial charge is 0.0767 e. The molecular weight excluding hydrogens is 132 g/mol. The summed E-state index contributed by atoms with van der Waals surface area (Å²) in [6, 6.07) is 0. The predicted octanol–water partition coefficient (Wildman–Crippen LogP) is 2.84. The molecule has 0 aromatic heterocycles. The van der Waals surface area contributed by atoms with Gasteiger partial charge < -0.3 is 0 Å². The first-order valence-corrected chi connectivity index (χ1v) is 4.55. The van der Waals surface area contributed by atoms with Crippen molar-refractivity contribution in [3.8, 4) is 0 Å². The summed E-state index contributed by atoms with van der Waals surface area (Å²) in [5, 5.41) is 0. The van der Waals surface area contributed by atoms with E-state index in [1.165, 1.54) is 19.3 Å². The molecule has 0 aromatic rings. The maximum absolute atomic E-state index is 2.39. The van der Waals surface area contributed by atoms with Crippen LogP contribution in [0.25, 0.3) is 0 Å². The average Bonchev–Trinajstić information content (AvgIpc) is 2.37. The molecule has 3 aliphatic carbocycles. The molecule has 0 saturated carbocycles. The van der Waals surface area contributed by atoms with Gasteiger partial charge >= 0.3 is 0 Å². The molecule has 2 atom stereocenters. The minimum Gasteiger partial charge on any atom is -0.0767 e. The molecule has 0 amide bonds. The van der Waals surface area contributed by atoms with Crippen LogP contribution in [0.2, 0.25) is 0 Å². The molecule has 0 aromatic carbocycles. The number of rotatable bonds is 0. The van der Waals surface area contributed by atoms with Crippen molar-refractivity contribution in [1.82, 2.24) is 0 Å². The van der Waals surface area contributed by atoms with E-state index >= 15 is 0 Å². The van der Waals surface area contributed by atoms with Gasteiger partial charge in [0.05, 0.1) is 0 Å². The fourth-order valence-electron chi connectivity index (χ4n) is 2.58. The van der Waals surface area contributed by atoms with Gasteiger partial charge in [-0.25, -0.2) is 0 Å². The van der Waals surface area contributed by atoms with Crippen LogP contribution in [0.15, 0.2) is 35.5 Å². The normalized spacial score (nSPS) is 38.5. The molecule has 4 bridgehead atoms. The zero-order valence-electron chi connectivity index (χ0n) is 6.59. The fourth-order valence-corrected chi connectivity index (χ4v) is 2.58. The highest BCUT2D eigenvalue weighted by atomic mass is 14.3. The quantitative estimate of drug-likeness (QED) is 0.490. The van der Waals surface area contributed by atoms with Crippen molar-refractivity contribution >= 4 is 0 Å². The second-order valence-corrected chi connectivity index (χ2v) is 3.77. The van der Waals surface area contributed by atoms with Gasteiger partial charge in [-0.15, -0.1) is 0 Å². The molecular formula is C11H12. The van der Waals surface area contributed by atoms with Crippen molar-refractivity contribution in [3.63, 3.8) is 0 Å². The van der Waals surface area contributed by atoms with Crippen molar-refractivity contribution in [2.45, 2.75) is 19.3 Å². The molecule has 2 unspecified atom stereocenters. The van der Waals surface area contributed by atoms with Crippen LogP contribution in [-0.2, 0) is 0 Å². The minimum absolute atomic E-state index is 0.786. The lowest BCUT2D eigenvalue weighted by molar-refractivity contribution is 0.580. The lowest BCUT2D eigenvalue weighted by Crippen LogP contribution is -1.97. The highest BCUT2D eigenvalue weighted by Crippen LogP contribution is 2.43. The molecule has 3 rings (SSSR count). The van der Waals surface area contributed by atoms with E-state index in [2.05, 4.69) is 24.3 Å². The molecule has 56 valence electrons. The lowest BCUT2D eigenvalue weighted by atomic mass is 9.94. The highest BCUT2D eigenvalue weighted by molar-refractivity contribution is 5.51. The van der Waals surface area contributed by atoms with Gasteiger partial charge in [0, 0.05) is 11.8 Å². The predicted molar refractivity (Wildman–Crippen MR) is 46.1 cm³/mol. The van der Waals surface area contributed by atoms with Crippen LogP contribution in [0.3, 0.4) is 0 Å². The van der Waals surface area contributed by atoms with Gasteiger partial charge in [-0.2, -0.15) is 0 Å². The number of allylic oxidation sites excluding steroid dienone is 6. The number of hydrogen-bond acceptors (Lipinski definition) is 0. The Balaban J connectivity index is 2.14. The third kappa shape index (κ3) is 0.649. The van der Waals surface area contributed by atoms with Crippen LogP contribution >= 0.6 is 0 Å². The molecule has 0 heteroatoms. The summed E-state index contributed by atoms with van der Waals surface area (Å²) in [5.74, 6) is 1.57. The number of hydrogen-bond donors (Lipinski definition) is 0. The van der Waals surface area contributed by atoms with Crippen LogP contribution < -0.4 is 0 Å². The second-order valence-electron chi connectivity index (χ2n) is 3.77. The van der Waals surface area contributed by atoms with Gasteiger partial charge in [0.1, 0.15) is 0 Å². The van der Waals surface area contributed by atoms with E-state index in [9.17, 15) is 0 Å². The van der Waals surface area contributed by atoms with E-state index in [1.54, 1.807) is 11.1 Å². The Hall–Kier alpha value is -0.780. The Morgan fingerprint density at radius 2 is 1.45 bits per heavy atom. The Morgan fingerprint density at radius 3 is 2.00 bits per heavy atom. The van der Waals surface area contributed by atoms with Gasteiger partial charge in [0.15, 0.2) is 0 Å². The Kier molecular flexibility index (Phi) is 0.993. The molecule has 0 N–H and O–H groups in total. The summed E-state index contributed by atoms with van der Waals surface area (Å²) in [6.45, 7) is 0. The van der Waals surface area contributed by atoms with Crippen molar-refractivity contribution in [3.05, 3.63) is 35.5 Å². The molecule has 0 spiro atoms. The first kappa shape index (κ1) is 5.82. The fraction of sp³-hybridized carbons (Fsp3) is 0.455. The molecule has 0 heterocycles. The summed E-state index contributed by atoms with van der Waals surface area (Å²) in [5.41, 5.74) is 3.26. The van der Waals surface area contributed by atoms with Crippen molar-refractivity contribution in [2.75, 3.05) is 0 Å². The first-order chi connectivity index (χ1) is 5.45. The molecule has 0 nitrogen and oxygen atoms in total. The van der Waals surface area contributed by atoms with Gasteiger partial charge in [-0.05, 0) is 24.0 Å². The van der Waals surface area contributed by atoms with E-state index < -0.39 is 0 Å². The summed E-state index contributed by atoms with van der Waals surface area (Å²) >= 11 is 0. The van der Waals surface area contributed by atoms with Crippen molar-refractivity contribution in [1.29, 1.82) is 0 Å². The lowest BCUT2D eigenvalue weighted by Gasteiger charge is -2.11. The van der Waals surface area contributed by atoms with Gasteiger partial charge in [0.2, 0.25) is 0 Å².